The number of carbonyl (C=O) groups excluding carboxylic acids is 3. The summed E-state index contributed by atoms with van der Waals surface area (Å²) in [5.41, 5.74) is 8.85. The first-order valence-electron chi connectivity index (χ1n) is 13.6. The van der Waals surface area contributed by atoms with Crippen LogP contribution >= 0.6 is 0 Å². The Kier molecular flexibility index (Phi) is 9.21. The van der Waals surface area contributed by atoms with Crippen LogP contribution in [0.5, 0.6) is 5.75 Å². The summed E-state index contributed by atoms with van der Waals surface area (Å²) in [5, 5.41) is 3.02. The number of primary amides is 1. The highest BCUT2D eigenvalue weighted by Gasteiger charge is 2.38. The molecule has 1 aliphatic carbocycles. The van der Waals surface area contributed by atoms with E-state index in [9.17, 15) is 14.4 Å². The van der Waals surface area contributed by atoms with Gasteiger partial charge in [-0.15, -0.1) is 6.58 Å². The highest BCUT2D eigenvalue weighted by atomic mass is 16.5. The topological polar surface area (TPSA) is 102 Å². The van der Waals surface area contributed by atoms with Crippen LogP contribution in [0.2, 0.25) is 0 Å². The summed E-state index contributed by atoms with van der Waals surface area (Å²) in [6.07, 6.45) is 7.06. The molecule has 2 aromatic rings. The third-order valence-corrected chi connectivity index (χ3v) is 7.71. The van der Waals surface area contributed by atoms with Crippen molar-refractivity contribution in [1.29, 1.82) is 0 Å². The fraction of sp³-hybridized carbons (Fsp3) is 0.452. The summed E-state index contributed by atoms with van der Waals surface area (Å²) in [6.45, 7) is 4.85. The number of nitrogens with two attached hydrogens (primary N) is 1. The van der Waals surface area contributed by atoms with Crippen molar-refractivity contribution in [2.45, 2.75) is 57.5 Å². The molecule has 1 saturated carbocycles. The number of nitrogens with one attached hydrogen (secondary N) is 1. The van der Waals surface area contributed by atoms with Crippen LogP contribution in [0.15, 0.2) is 61.2 Å². The minimum atomic E-state index is -0.606. The molecule has 7 nitrogen and oxygen atoms in total. The lowest BCUT2D eigenvalue weighted by Crippen LogP contribution is -2.50. The fourth-order valence-corrected chi connectivity index (χ4v) is 5.35. The maximum absolute atomic E-state index is 13.6. The quantitative estimate of drug-likeness (QED) is 0.406. The summed E-state index contributed by atoms with van der Waals surface area (Å²) in [5.74, 6) is -0.707. The van der Waals surface area contributed by atoms with E-state index in [2.05, 4.69) is 24.0 Å². The van der Waals surface area contributed by atoms with Gasteiger partial charge in [0.1, 0.15) is 11.8 Å². The van der Waals surface area contributed by atoms with Crippen LogP contribution in [0.25, 0.3) is 11.1 Å². The second-order valence-corrected chi connectivity index (χ2v) is 10.6. The molecule has 0 unspecified atom stereocenters. The van der Waals surface area contributed by atoms with E-state index in [1.54, 1.807) is 13.2 Å². The van der Waals surface area contributed by atoms with Crippen LogP contribution in [-0.2, 0) is 20.9 Å². The molecule has 7 heteroatoms. The summed E-state index contributed by atoms with van der Waals surface area (Å²) in [6, 6.07) is 15.5. The molecule has 3 N–H and O–H groups in total. The number of methoxy groups -OCH3 is 1. The molecular formula is C31H39N3O4. The fourth-order valence-electron chi connectivity index (χ4n) is 5.35. The van der Waals surface area contributed by atoms with E-state index in [4.69, 9.17) is 10.5 Å². The first-order valence-corrected chi connectivity index (χ1v) is 13.6. The smallest absolute Gasteiger partial charge is 0.245 e. The van der Waals surface area contributed by atoms with Crippen LogP contribution in [0, 0.1) is 17.8 Å². The Labute approximate surface area is 225 Å². The van der Waals surface area contributed by atoms with Gasteiger partial charge in [0, 0.05) is 13.1 Å². The number of benzene rings is 2. The minimum Gasteiger partial charge on any atom is -0.497 e. The monoisotopic (exact) mass is 517 g/mol. The number of hydrogen-bond donors (Lipinski definition) is 2. The second-order valence-electron chi connectivity index (χ2n) is 10.6. The van der Waals surface area contributed by atoms with E-state index in [0.717, 1.165) is 48.1 Å². The van der Waals surface area contributed by atoms with E-state index < -0.39 is 23.8 Å². The first kappa shape index (κ1) is 27.4. The van der Waals surface area contributed by atoms with Gasteiger partial charge in [-0.1, -0.05) is 49.2 Å². The molecule has 4 rings (SSSR count). The highest BCUT2D eigenvalue weighted by Crippen LogP contribution is 2.38. The Hall–Kier alpha value is -3.61. The predicted molar refractivity (Wildman–Crippen MR) is 148 cm³/mol. The lowest BCUT2D eigenvalue weighted by Gasteiger charge is -2.28. The molecule has 1 heterocycles. The minimum absolute atomic E-state index is 0.0739. The maximum Gasteiger partial charge on any atom is 0.245 e. The molecule has 2 aromatic carbocycles. The lowest BCUT2D eigenvalue weighted by molar-refractivity contribution is -0.139. The van der Waals surface area contributed by atoms with Gasteiger partial charge in [0.05, 0.1) is 18.9 Å². The largest absolute Gasteiger partial charge is 0.497 e. The standard InChI is InChI=1S/C31H39N3O4/c1-3-7-26(29(32)35)27(19-21-11-12-21)30(36)33-28-10-4-5-17-34(31(28)37)20-22-8-6-9-24(18-22)23-13-15-25(38-2)16-14-23/h3,6,8-9,13-16,18,21,26-28H,1,4-5,7,10-12,17,19-20H2,2H3,(H2,32,35)(H,33,36)/t26-,27+,28-/m0/s1. The molecule has 0 spiro atoms. The van der Waals surface area contributed by atoms with Gasteiger partial charge >= 0.3 is 0 Å². The van der Waals surface area contributed by atoms with Gasteiger partial charge in [0.2, 0.25) is 17.7 Å². The molecule has 38 heavy (non-hydrogen) atoms. The third kappa shape index (κ3) is 7.03. The van der Waals surface area contributed by atoms with Crippen molar-refractivity contribution in [3.05, 3.63) is 66.7 Å². The Morgan fingerprint density at radius 1 is 1.11 bits per heavy atom. The first-order chi connectivity index (χ1) is 18.4. The molecule has 3 atom stereocenters. The predicted octanol–water partition coefficient (Wildman–Crippen LogP) is 4.45. The molecule has 0 aromatic heterocycles. The van der Waals surface area contributed by atoms with Gasteiger partial charge in [-0.25, -0.2) is 0 Å². The Bertz CT molecular complexity index is 1140. The molecule has 1 saturated heterocycles. The van der Waals surface area contributed by atoms with Crippen LogP contribution in [0.3, 0.4) is 0 Å². The Morgan fingerprint density at radius 3 is 2.53 bits per heavy atom. The van der Waals surface area contributed by atoms with Crippen molar-refractivity contribution in [3.8, 4) is 16.9 Å². The summed E-state index contributed by atoms with van der Waals surface area (Å²) in [7, 11) is 1.65. The Balaban J connectivity index is 1.46. The van der Waals surface area contributed by atoms with Crippen LogP contribution in [0.1, 0.15) is 50.5 Å². The number of rotatable bonds is 12. The van der Waals surface area contributed by atoms with Gasteiger partial charge in [0.15, 0.2) is 0 Å². The molecule has 0 bridgehead atoms. The molecular weight excluding hydrogens is 478 g/mol. The van der Waals surface area contributed by atoms with E-state index in [1.165, 1.54) is 0 Å². The zero-order valence-corrected chi connectivity index (χ0v) is 22.2. The van der Waals surface area contributed by atoms with Crippen molar-refractivity contribution in [2.75, 3.05) is 13.7 Å². The van der Waals surface area contributed by atoms with Gasteiger partial charge in [-0.05, 0) is 72.9 Å². The van der Waals surface area contributed by atoms with E-state index in [0.29, 0.717) is 38.3 Å². The number of amides is 3. The van der Waals surface area contributed by atoms with Gasteiger partial charge in [0.25, 0.3) is 0 Å². The van der Waals surface area contributed by atoms with Crippen LogP contribution in [-0.4, -0.2) is 42.3 Å². The average Bonchev–Trinajstić information content (AvgIpc) is 3.76. The Morgan fingerprint density at radius 2 is 1.87 bits per heavy atom. The summed E-state index contributed by atoms with van der Waals surface area (Å²) >= 11 is 0. The number of hydrogen-bond acceptors (Lipinski definition) is 4. The van der Waals surface area contributed by atoms with Crippen molar-refractivity contribution < 1.29 is 19.1 Å². The summed E-state index contributed by atoms with van der Waals surface area (Å²) in [4.78, 5) is 41.0. The van der Waals surface area contributed by atoms with Crippen molar-refractivity contribution in [3.63, 3.8) is 0 Å². The van der Waals surface area contributed by atoms with Crippen molar-refractivity contribution in [1.82, 2.24) is 10.2 Å². The number of ether oxygens (including phenoxy) is 1. The molecule has 2 fully saturated rings. The maximum atomic E-state index is 13.6. The van der Waals surface area contributed by atoms with Gasteiger partial charge < -0.3 is 20.7 Å². The number of carbonyl (C=O) groups is 3. The van der Waals surface area contributed by atoms with E-state index >= 15 is 0 Å². The molecule has 0 radical (unpaired) electrons. The van der Waals surface area contributed by atoms with E-state index in [-0.39, 0.29) is 11.8 Å². The van der Waals surface area contributed by atoms with Gasteiger partial charge in [-0.3, -0.25) is 14.4 Å². The molecule has 202 valence electrons. The zero-order chi connectivity index (χ0) is 27.1. The lowest BCUT2D eigenvalue weighted by atomic mass is 9.83. The van der Waals surface area contributed by atoms with E-state index in [1.807, 2.05) is 41.3 Å². The SMILES string of the molecule is C=CC[C@H](C(N)=O)[C@@H](CC1CC1)C(=O)N[C@H]1CCCCN(Cc2cccc(-c3ccc(OC)cc3)c2)C1=O. The molecule has 3 amide bonds. The molecule has 1 aliphatic heterocycles. The van der Waals surface area contributed by atoms with Crippen molar-refractivity contribution >= 4 is 17.7 Å². The number of allylic oxidation sites excluding steroid dienone is 1. The molecule has 2 aliphatic rings. The zero-order valence-electron chi connectivity index (χ0n) is 22.2. The van der Waals surface area contributed by atoms with Crippen molar-refractivity contribution in [2.24, 2.45) is 23.5 Å². The van der Waals surface area contributed by atoms with Crippen LogP contribution < -0.4 is 15.8 Å². The normalized spacial score (nSPS) is 19.2. The van der Waals surface area contributed by atoms with Crippen LogP contribution in [0.4, 0.5) is 0 Å². The second kappa shape index (κ2) is 12.8. The highest BCUT2D eigenvalue weighted by molar-refractivity contribution is 5.91. The average molecular weight is 518 g/mol. The van der Waals surface area contributed by atoms with Gasteiger partial charge in [-0.2, -0.15) is 0 Å². The summed E-state index contributed by atoms with van der Waals surface area (Å²) < 4.78 is 5.26. The number of likely N-dealkylation sites (tertiary alicyclic amines) is 1. The third-order valence-electron chi connectivity index (χ3n) is 7.71. The number of nitrogens with zero attached hydrogens (tertiary/aromatic N) is 1.